The van der Waals surface area contributed by atoms with Gasteiger partial charge in [-0.2, -0.15) is 0 Å². The number of hydrogen-bond acceptors (Lipinski definition) is 3. The highest BCUT2D eigenvalue weighted by molar-refractivity contribution is 5.10. The number of rotatable bonds is 1. The molecule has 1 unspecified atom stereocenters. The van der Waals surface area contributed by atoms with Crippen molar-refractivity contribution in [1.82, 2.24) is 0 Å². The highest BCUT2D eigenvalue weighted by atomic mass is 16.6. The Kier molecular flexibility index (Phi) is 5.76. The Labute approximate surface area is 141 Å². The van der Waals surface area contributed by atoms with Crippen molar-refractivity contribution in [3.05, 3.63) is 23.8 Å². The van der Waals surface area contributed by atoms with Crippen LogP contribution in [-0.2, 0) is 4.74 Å². The van der Waals surface area contributed by atoms with Crippen molar-refractivity contribution in [2.24, 2.45) is 11.8 Å². The fraction of sp³-hybridized carbons (Fsp3) is 0.800. The summed E-state index contributed by atoms with van der Waals surface area (Å²) in [7, 11) is 0. The summed E-state index contributed by atoms with van der Waals surface area (Å²) in [5.74, 6) is 0.995. The molecule has 1 aliphatic carbocycles. The van der Waals surface area contributed by atoms with Crippen LogP contribution in [0.15, 0.2) is 23.8 Å². The van der Waals surface area contributed by atoms with Crippen LogP contribution in [-0.4, -0.2) is 33.6 Å². The van der Waals surface area contributed by atoms with Crippen LogP contribution in [0.1, 0.15) is 66.7 Å². The van der Waals surface area contributed by atoms with Crippen molar-refractivity contribution in [2.75, 3.05) is 0 Å². The second-order valence-corrected chi connectivity index (χ2v) is 8.37. The molecular formula is C20H34O3. The second-order valence-electron chi connectivity index (χ2n) is 8.37. The van der Waals surface area contributed by atoms with E-state index in [0.717, 1.165) is 25.7 Å². The van der Waals surface area contributed by atoms with Gasteiger partial charge in [0.05, 0.1) is 17.3 Å². The molecule has 0 aromatic carbocycles. The number of ether oxygens (including phenoxy) is 1. The van der Waals surface area contributed by atoms with Crippen LogP contribution in [0.4, 0.5) is 0 Å². The summed E-state index contributed by atoms with van der Waals surface area (Å²) in [5, 5.41) is 21.0. The fourth-order valence-electron chi connectivity index (χ4n) is 3.63. The molecule has 0 aromatic heterocycles. The molecule has 0 spiro atoms. The van der Waals surface area contributed by atoms with Crippen LogP contribution in [0.3, 0.4) is 0 Å². The Morgan fingerprint density at radius 2 is 2.00 bits per heavy atom. The zero-order valence-electron chi connectivity index (χ0n) is 15.4. The molecule has 3 heteroatoms. The third-order valence-electron chi connectivity index (χ3n) is 5.48. The van der Waals surface area contributed by atoms with E-state index in [1.807, 2.05) is 6.08 Å². The van der Waals surface area contributed by atoms with Crippen molar-refractivity contribution < 1.29 is 14.9 Å². The number of epoxide rings is 1. The first-order chi connectivity index (χ1) is 10.6. The lowest BCUT2D eigenvalue weighted by Crippen LogP contribution is -2.33. The molecule has 1 saturated heterocycles. The summed E-state index contributed by atoms with van der Waals surface area (Å²) in [5.41, 5.74) is 0.198. The van der Waals surface area contributed by atoms with Gasteiger partial charge in [-0.3, -0.25) is 0 Å². The monoisotopic (exact) mass is 322 g/mol. The van der Waals surface area contributed by atoms with E-state index in [1.165, 1.54) is 5.57 Å². The second kappa shape index (κ2) is 7.08. The van der Waals surface area contributed by atoms with Gasteiger partial charge in [-0.05, 0) is 58.3 Å². The number of hydrogen-bond donors (Lipinski definition) is 2. The van der Waals surface area contributed by atoms with Crippen LogP contribution < -0.4 is 0 Å². The predicted molar refractivity (Wildman–Crippen MR) is 94.2 cm³/mol. The van der Waals surface area contributed by atoms with Gasteiger partial charge in [-0.1, -0.05) is 37.6 Å². The van der Waals surface area contributed by atoms with E-state index in [2.05, 4.69) is 39.8 Å². The molecule has 1 heterocycles. The van der Waals surface area contributed by atoms with Gasteiger partial charge in [0.15, 0.2) is 0 Å². The highest BCUT2D eigenvalue weighted by Gasteiger charge is 2.55. The van der Waals surface area contributed by atoms with Gasteiger partial charge in [0, 0.05) is 6.42 Å². The average Bonchev–Trinajstić information content (AvgIpc) is 3.09. The maximum atomic E-state index is 10.6. The molecule has 132 valence electrons. The van der Waals surface area contributed by atoms with Crippen molar-refractivity contribution in [3.8, 4) is 0 Å². The average molecular weight is 322 g/mol. The van der Waals surface area contributed by atoms with E-state index >= 15 is 0 Å². The van der Waals surface area contributed by atoms with Crippen molar-refractivity contribution >= 4 is 0 Å². The van der Waals surface area contributed by atoms with E-state index in [9.17, 15) is 10.2 Å². The third-order valence-corrected chi connectivity index (χ3v) is 5.48. The largest absolute Gasteiger partial charge is 0.390 e. The third kappa shape index (κ3) is 5.17. The Bertz CT molecular complexity index is 464. The summed E-state index contributed by atoms with van der Waals surface area (Å²) in [4.78, 5) is 0. The summed E-state index contributed by atoms with van der Waals surface area (Å²) >= 11 is 0. The van der Waals surface area contributed by atoms with Crippen molar-refractivity contribution in [1.29, 1.82) is 0 Å². The number of aliphatic hydroxyl groups is 2. The van der Waals surface area contributed by atoms with E-state index in [0.29, 0.717) is 18.3 Å². The standard InChI is InChI=1S/C20H34O3/c1-14(2)16-9-8-15(3)7-6-11-20(5)18(23-20)17(21)13-19(4,22)12-10-16/h7,10,12,14,16-18,21-22H,6,8-9,11,13H2,1-5H3/b12-10-,15-7-/t16-,17-,18-,19-,20?/m1/s1. The maximum Gasteiger partial charge on any atom is 0.113 e. The van der Waals surface area contributed by atoms with E-state index in [1.54, 1.807) is 6.92 Å². The van der Waals surface area contributed by atoms with Gasteiger partial charge in [0.1, 0.15) is 6.10 Å². The normalized spacial score (nSPS) is 46.4. The van der Waals surface area contributed by atoms with Gasteiger partial charge in [0.25, 0.3) is 0 Å². The maximum absolute atomic E-state index is 10.6. The van der Waals surface area contributed by atoms with E-state index < -0.39 is 11.7 Å². The zero-order valence-corrected chi connectivity index (χ0v) is 15.4. The SMILES string of the molecule is C/C1=C/CCC2(C)O[C@@H]2[C@H](O)C[C@](C)(O)/C=C\[C@H](C(C)C)CC1. The van der Waals surface area contributed by atoms with Crippen LogP contribution in [0.5, 0.6) is 0 Å². The van der Waals surface area contributed by atoms with Crippen LogP contribution in [0.25, 0.3) is 0 Å². The molecule has 0 saturated carbocycles. The Morgan fingerprint density at radius 1 is 1.30 bits per heavy atom. The summed E-state index contributed by atoms with van der Waals surface area (Å²) in [6, 6.07) is 0. The highest BCUT2D eigenvalue weighted by Crippen LogP contribution is 2.44. The zero-order chi connectivity index (χ0) is 17.3. The van der Waals surface area contributed by atoms with Crippen LogP contribution in [0.2, 0.25) is 0 Å². The quantitative estimate of drug-likeness (QED) is 0.567. The van der Waals surface area contributed by atoms with Gasteiger partial charge in [-0.15, -0.1) is 0 Å². The van der Waals surface area contributed by atoms with Gasteiger partial charge in [-0.25, -0.2) is 0 Å². The summed E-state index contributed by atoms with van der Waals surface area (Å²) in [6.07, 6.45) is 10.0. The van der Waals surface area contributed by atoms with E-state index in [-0.39, 0.29) is 11.7 Å². The number of allylic oxidation sites excluding steroid dienone is 3. The molecule has 2 N–H and O–H groups in total. The molecule has 5 atom stereocenters. The first-order valence-corrected chi connectivity index (χ1v) is 9.06. The van der Waals surface area contributed by atoms with Crippen molar-refractivity contribution in [3.63, 3.8) is 0 Å². The van der Waals surface area contributed by atoms with Crippen LogP contribution >= 0.6 is 0 Å². The Hall–Kier alpha value is -0.640. The molecule has 23 heavy (non-hydrogen) atoms. The molecule has 1 aliphatic heterocycles. The topological polar surface area (TPSA) is 53.0 Å². The lowest BCUT2D eigenvalue weighted by atomic mass is 9.85. The molecule has 2 rings (SSSR count). The first-order valence-electron chi connectivity index (χ1n) is 9.06. The fourth-order valence-corrected chi connectivity index (χ4v) is 3.63. The molecule has 1 fully saturated rings. The minimum atomic E-state index is -0.992. The molecule has 0 bridgehead atoms. The predicted octanol–water partition coefficient (Wildman–Crippen LogP) is 3.99. The molecule has 2 aliphatic rings. The number of aliphatic hydroxyl groups excluding tert-OH is 1. The Morgan fingerprint density at radius 3 is 2.65 bits per heavy atom. The minimum absolute atomic E-state index is 0.153. The van der Waals surface area contributed by atoms with Gasteiger partial charge < -0.3 is 14.9 Å². The van der Waals surface area contributed by atoms with Crippen LogP contribution in [0, 0.1) is 11.8 Å². The summed E-state index contributed by atoms with van der Waals surface area (Å²) in [6.45, 7) is 10.5. The number of fused-ring (bicyclic) bond motifs is 1. The molecule has 3 nitrogen and oxygen atoms in total. The van der Waals surface area contributed by atoms with Crippen molar-refractivity contribution in [2.45, 2.75) is 90.1 Å². The van der Waals surface area contributed by atoms with Gasteiger partial charge >= 0.3 is 0 Å². The smallest absolute Gasteiger partial charge is 0.113 e. The lowest BCUT2D eigenvalue weighted by Gasteiger charge is -2.25. The lowest BCUT2D eigenvalue weighted by molar-refractivity contribution is 0.0275. The molecule has 0 radical (unpaired) electrons. The molecule has 0 amide bonds. The van der Waals surface area contributed by atoms with Gasteiger partial charge in [0.2, 0.25) is 0 Å². The van der Waals surface area contributed by atoms with E-state index in [4.69, 9.17) is 4.74 Å². The Balaban J connectivity index is 2.16. The molecular weight excluding hydrogens is 288 g/mol. The first kappa shape index (κ1) is 18.7. The molecule has 0 aromatic rings. The summed E-state index contributed by atoms with van der Waals surface area (Å²) < 4.78 is 5.77. The minimum Gasteiger partial charge on any atom is -0.390 e.